The van der Waals surface area contributed by atoms with Gasteiger partial charge < -0.3 is 5.32 Å². The Morgan fingerprint density at radius 2 is 1.82 bits per heavy atom. The van der Waals surface area contributed by atoms with E-state index in [1.165, 1.54) is 37.7 Å². The van der Waals surface area contributed by atoms with Crippen LogP contribution in [0, 0.1) is 6.92 Å². The Morgan fingerprint density at radius 1 is 1.06 bits per heavy atom. The number of anilines is 1. The van der Waals surface area contributed by atoms with E-state index in [1.54, 1.807) is 4.68 Å². The summed E-state index contributed by atoms with van der Waals surface area (Å²) in [6.07, 6.45) is 10.5. The smallest absolute Gasteiger partial charge is 0.182 e. The van der Waals surface area contributed by atoms with Crippen molar-refractivity contribution in [3.05, 3.63) is 84.0 Å². The van der Waals surface area contributed by atoms with Crippen molar-refractivity contribution in [3.63, 3.8) is 0 Å². The van der Waals surface area contributed by atoms with Gasteiger partial charge in [0.2, 0.25) is 0 Å². The molecule has 2 aromatic heterocycles. The average Bonchev–Trinajstić information content (AvgIpc) is 3.40. The monoisotopic (exact) mass is 438 g/mol. The number of fused-ring (bicyclic) bond motifs is 1. The second-order valence-electron chi connectivity index (χ2n) is 8.81. The molecule has 0 aliphatic heterocycles. The number of nitrogens with one attached hydrogen (secondary N) is 1. The minimum atomic E-state index is 0.701. The van der Waals surface area contributed by atoms with E-state index in [9.17, 15) is 0 Å². The average molecular weight is 439 g/mol. The first kappa shape index (κ1) is 21.2. The highest BCUT2D eigenvalue weighted by Crippen LogP contribution is 2.33. The van der Waals surface area contributed by atoms with Crippen LogP contribution in [0.25, 0.3) is 22.5 Å². The van der Waals surface area contributed by atoms with Crippen LogP contribution in [0.1, 0.15) is 54.7 Å². The number of nitrogens with zero attached hydrogens (tertiary/aromatic N) is 5. The highest BCUT2D eigenvalue weighted by Gasteiger charge is 2.19. The summed E-state index contributed by atoms with van der Waals surface area (Å²) in [4.78, 5) is 0. The number of hydrogen-bond acceptors (Lipinski definition) is 4. The van der Waals surface area contributed by atoms with Crippen molar-refractivity contribution in [2.45, 2.75) is 44.9 Å². The summed E-state index contributed by atoms with van der Waals surface area (Å²) in [5.41, 5.74) is 6.35. The topological polar surface area (TPSA) is 60.6 Å². The second-order valence-corrected chi connectivity index (χ2v) is 8.81. The molecule has 0 bridgehead atoms. The lowest BCUT2D eigenvalue weighted by atomic mass is 9.84. The quantitative estimate of drug-likeness (QED) is 0.367. The zero-order valence-corrected chi connectivity index (χ0v) is 19.3. The maximum Gasteiger partial charge on any atom is 0.182 e. The summed E-state index contributed by atoms with van der Waals surface area (Å²) in [5, 5.41) is 17.0. The molecule has 6 nitrogen and oxygen atoms in total. The predicted molar refractivity (Wildman–Crippen MR) is 134 cm³/mol. The van der Waals surface area contributed by atoms with E-state index in [2.05, 4.69) is 53.4 Å². The van der Waals surface area contributed by atoms with Gasteiger partial charge in [-0.3, -0.25) is 4.68 Å². The van der Waals surface area contributed by atoms with Gasteiger partial charge in [0.1, 0.15) is 11.3 Å². The molecule has 0 saturated heterocycles. The largest absolute Gasteiger partial charge is 0.340 e. The fourth-order valence-electron chi connectivity index (χ4n) is 4.84. The molecule has 0 radical (unpaired) electrons. The van der Waals surface area contributed by atoms with Crippen molar-refractivity contribution in [2.24, 2.45) is 7.05 Å². The van der Waals surface area contributed by atoms with E-state index in [4.69, 9.17) is 5.10 Å². The van der Waals surface area contributed by atoms with Gasteiger partial charge in [-0.25, -0.2) is 0 Å². The van der Waals surface area contributed by atoms with Crippen LogP contribution in [0.2, 0.25) is 0 Å². The summed E-state index contributed by atoms with van der Waals surface area (Å²) in [5.74, 6) is 2.38. The number of aryl methyl sites for hydroxylation is 1. The standard InChI is InChI=1S/C27H30N6/c1-4-10-23(22-17-15-21(16-18-22)20-11-6-5-7-12-20)28-26-19(2)27(30-32(26)3)33-25-14-9-8-13-24(25)29-31-33/h4,8-10,13-18,20,28H,1,5-7,11-12H2,2-3H3/b23-10-. The van der Waals surface area contributed by atoms with Crippen molar-refractivity contribution in [2.75, 3.05) is 5.32 Å². The Kier molecular flexibility index (Phi) is 5.82. The maximum atomic E-state index is 4.75. The zero-order chi connectivity index (χ0) is 22.8. The Labute approximate surface area is 194 Å². The van der Waals surface area contributed by atoms with E-state index in [0.29, 0.717) is 5.92 Å². The van der Waals surface area contributed by atoms with Gasteiger partial charge in [0, 0.05) is 18.3 Å². The number of hydrogen-bond donors (Lipinski definition) is 1. The van der Waals surface area contributed by atoms with Crippen molar-refractivity contribution in [3.8, 4) is 5.82 Å². The van der Waals surface area contributed by atoms with Gasteiger partial charge >= 0.3 is 0 Å². The molecule has 1 aliphatic carbocycles. The molecular formula is C27H30N6. The minimum absolute atomic E-state index is 0.701. The van der Waals surface area contributed by atoms with Gasteiger partial charge in [0.25, 0.3) is 0 Å². The Morgan fingerprint density at radius 3 is 2.58 bits per heavy atom. The lowest BCUT2D eigenvalue weighted by molar-refractivity contribution is 0.443. The number of benzene rings is 2. The van der Waals surface area contributed by atoms with Crippen molar-refractivity contribution in [1.82, 2.24) is 24.8 Å². The van der Waals surface area contributed by atoms with Crippen LogP contribution >= 0.6 is 0 Å². The first-order chi connectivity index (χ1) is 16.2. The Bertz CT molecular complexity index is 1300. The lowest BCUT2D eigenvalue weighted by Gasteiger charge is -2.22. The van der Waals surface area contributed by atoms with Crippen LogP contribution in [-0.2, 0) is 7.05 Å². The normalized spacial score (nSPS) is 15.2. The van der Waals surface area contributed by atoms with Crippen LogP contribution in [-0.4, -0.2) is 24.8 Å². The van der Waals surface area contributed by atoms with Crippen molar-refractivity contribution < 1.29 is 0 Å². The molecule has 5 rings (SSSR count). The van der Waals surface area contributed by atoms with E-state index in [-0.39, 0.29) is 0 Å². The van der Waals surface area contributed by atoms with Gasteiger partial charge in [0.15, 0.2) is 5.82 Å². The van der Waals surface area contributed by atoms with Crippen LogP contribution in [0.3, 0.4) is 0 Å². The molecule has 1 fully saturated rings. The molecule has 168 valence electrons. The third-order valence-corrected chi connectivity index (χ3v) is 6.65. The lowest BCUT2D eigenvalue weighted by Crippen LogP contribution is -2.06. The summed E-state index contributed by atoms with van der Waals surface area (Å²) in [6, 6.07) is 16.9. The Balaban J connectivity index is 1.44. The first-order valence-electron chi connectivity index (χ1n) is 11.7. The maximum absolute atomic E-state index is 4.75. The molecule has 1 saturated carbocycles. The molecule has 0 spiro atoms. The molecule has 6 heteroatoms. The second kappa shape index (κ2) is 9.06. The molecule has 1 aliphatic rings. The highest BCUT2D eigenvalue weighted by molar-refractivity contribution is 5.80. The fraction of sp³-hybridized carbons (Fsp3) is 0.296. The molecule has 1 N–H and O–H groups in total. The van der Waals surface area contributed by atoms with Crippen LogP contribution in [0.15, 0.2) is 67.3 Å². The predicted octanol–water partition coefficient (Wildman–Crippen LogP) is 6.15. The molecular weight excluding hydrogens is 408 g/mol. The SMILES string of the molecule is C=C/C=C(\Nc1c(C)c(-n2nnc3ccccc32)nn1C)c1ccc(C2CCCCC2)cc1. The number of rotatable bonds is 6. The van der Waals surface area contributed by atoms with Crippen molar-refractivity contribution >= 4 is 22.5 Å². The van der Waals surface area contributed by atoms with Gasteiger partial charge in [0.05, 0.1) is 5.52 Å². The van der Waals surface area contributed by atoms with E-state index < -0.39 is 0 Å². The van der Waals surface area contributed by atoms with E-state index in [1.807, 2.05) is 48.1 Å². The zero-order valence-electron chi connectivity index (χ0n) is 19.3. The van der Waals surface area contributed by atoms with Crippen LogP contribution in [0.4, 0.5) is 5.82 Å². The third-order valence-electron chi connectivity index (χ3n) is 6.65. The van der Waals surface area contributed by atoms with Crippen LogP contribution in [0.5, 0.6) is 0 Å². The summed E-state index contributed by atoms with van der Waals surface area (Å²) in [6.45, 7) is 5.98. The van der Waals surface area contributed by atoms with E-state index in [0.717, 1.165) is 39.5 Å². The van der Waals surface area contributed by atoms with Gasteiger partial charge in [-0.15, -0.1) is 5.10 Å². The van der Waals surface area contributed by atoms with Gasteiger partial charge in [-0.2, -0.15) is 9.78 Å². The Hall–Kier alpha value is -3.67. The molecule has 2 heterocycles. The van der Waals surface area contributed by atoms with Crippen molar-refractivity contribution in [1.29, 1.82) is 0 Å². The molecule has 0 unspecified atom stereocenters. The summed E-state index contributed by atoms with van der Waals surface area (Å²) < 4.78 is 3.65. The molecule has 2 aromatic carbocycles. The summed E-state index contributed by atoms with van der Waals surface area (Å²) >= 11 is 0. The first-order valence-corrected chi connectivity index (χ1v) is 11.7. The number of para-hydroxylation sites is 1. The molecule has 0 amide bonds. The third kappa shape index (κ3) is 4.09. The highest BCUT2D eigenvalue weighted by atomic mass is 15.5. The minimum Gasteiger partial charge on any atom is -0.340 e. The van der Waals surface area contributed by atoms with Gasteiger partial charge in [-0.05, 0) is 55.0 Å². The number of aromatic nitrogens is 5. The molecule has 0 atom stereocenters. The summed E-state index contributed by atoms with van der Waals surface area (Å²) in [7, 11) is 1.94. The fourth-order valence-corrected chi connectivity index (χ4v) is 4.84. The molecule has 4 aromatic rings. The van der Waals surface area contributed by atoms with Gasteiger partial charge in [-0.1, -0.05) is 73.5 Å². The van der Waals surface area contributed by atoms with E-state index >= 15 is 0 Å². The van der Waals surface area contributed by atoms with Crippen LogP contribution < -0.4 is 5.32 Å². The number of allylic oxidation sites excluding steroid dienone is 2. The molecule has 33 heavy (non-hydrogen) atoms.